The van der Waals surface area contributed by atoms with E-state index in [1.165, 1.54) is 16.7 Å². The molecule has 20 heavy (non-hydrogen) atoms. The van der Waals surface area contributed by atoms with Gasteiger partial charge in [-0.1, -0.05) is 39.8 Å². The van der Waals surface area contributed by atoms with Gasteiger partial charge in [0.15, 0.2) is 0 Å². The quantitative estimate of drug-likeness (QED) is 0.393. The third-order valence-corrected chi connectivity index (χ3v) is 4.16. The first-order valence-electron chi connectivity index (χ1n) is 6.32. The molecular formula is C16H23BCl2Zr. The Morgan fingerprint density at radius 1 is 1.05 bits per heavy atom. The monoisotopic (exact) mass is 386 g/mol. The van der Waals surface area contributed by atoms with Crippen molar-refractivity contribution in [1.82, 2.24) is 0 Å². The van der Waals surface area contributed by atoms with E-state index in [1.807, 2.05) is 30.3 Å². The summed E-state index contributed by atoms with van der Waals surface area (Å²) in [4.78, 5) is 0. The number of rotatable bonds is 0. The van der Waals surface area contributed by atoms with Gasteiger partial charge in [-0.15, -0.1) is 6.92 Å². The molecule has 1 aromatic rings. The van der Waals surface area contributed by atoms with Crippen molar-refractivity contribution in [2.24, 2.45) is 0 Å². The van der Waals surface area contributed by atoms with Crippen LogP contribution in [-0.2, 0) is 26.2 Å². The number of allylic oxidation sites excluding steroid dienone is 3. The first-order chi connectivity index (χ1) is 7.87. The third kappa shape index (κ3) is 6.42. The van der Waals surface area contributed by atoms with E-state index >= 15 is 0 Å². The molecule has 0 nitrogen and oxygen atoms in total. The second-order valence-corrected chi connectivity index (χ2v) is 5.42. The molecule has 0 spiro atoms. The maximum Gasteiger partial charge on any atom is 4.00 e. The molecule has 1 aliphatic heterocycles. The van der Waals surface area contributed by atoms with Crippen LogP contribution in [-0.4, -0.2) is 6.71 Å². The summed E-state index contributed by atoms with van der Waals surface area (Å²) in [6, 6.07) is 10.0. The van der Waals surface area contributed by atoms with Gasteiger partial charge in [0.1, 0.15) is 0 Å². The molecule has 0 aromatic heterocycles. The second-order valence-electron chi connectivity index (χ2n) is 5.42. The van der Waals surface area contributed by atoms with Crippen LogP contribution in [0.15, 0.2) is 47.1 Å². The summed E-state index contributed by atoms with van der Waals surface area (Å²) in [6.07, 6.45) is 0. The van der Waals surface area contributed by atoms with Gasteiger partial charge in [-0.05, 0) is 0 Å². The Kier molecular flexibility index (Phi) is 13.9. The first kappa shape index (κ1) is 25.3. The number of hydrogen-bond donors (Lipinski definition) is 0. The van der Waals surface area contributed by atoms with Gasteiger partial charge in [-0.2, -0.15) is 29.3 Å². The van der Waals surface area contributed by atoms with Gasteiger partial charge in [0, 0.05) is 0 Å². The molecule has 0 atom stereocenters. The van der Waals surface area contributed by atoms with Gasteiger partial charge in [0.2, 0.25) is 0 Å². The largest absolute Gasteiger partial charge is 4.00 e. The molecule has 0 radical (unpaired) electrons. The maximum absolute atomic E-state index is 3.51. The molecule has 108 valence electrons. The molecule has 1 heterocycles. The van der Waals surface area contributed by atoms with E-state index in [0.717, 1.165) is 0 Å². The summed E-state index contributed by atoms with van der Waals surface area (Å²) in [6.45, 7) is 14.0. The smallest absolute Gasteiger partial charge is 1.00 e. The van der Waals surface area contributed by atoms with Crippen LogP contribution in [0.4, 0.5) is 0 Å². The molecule has 0 saturated heterocycles. The standard InChI is InChI=1S/C11H18B.C5H5.2ClH.Zr/c1-8-7-12(6)11(4,5)10(3)9(8)2;1-2-4-5-3-1;;;/h1-6H3;1-5H;2*1H;/q2*-1;;;+4/p-2. The van der Waals surface area contributed by atoms with Gasteiger partial charge in [-0.3, -0.25) is 5.98 Å². The Morgan fingerprint density at radius 2 is 1.50 bits per heavy atom. The zero-order valence-electron chi connectivity index (χ0n) is 13.2. The van der Waals surface area contributed by atoms with Crippen molar-refractivity contribution >= 4 is 6.71 Å². The molecule has 0 fully saturated rings. The molecule has 0 aliphatic carbocycles. The van der Waals surface area contributed by atoms with Crippen molar-refractivity contribution in [2.75, 3.05) is 0 Å². The van der Waals surface area contributed by atoms with Crippen LogP contribution in [0.1, 0.15) is 34.6 Å². The van der Waals surface area contributed by atoms with Crippen LogP contribution in [0.2, 0.25) is 12.1 Å². The minimum absolute atomic E-state index is 0. The van der Waals surface area contributed by atoms with Crippen molar-refractivity contribution in [3.05, 3.63) is 53.0 Å². The van der Waals surface area contributed by atoms with Gasteiger partial charge >= 0.3 is 26.2 Å². The molecule has 2 rings (SSSR count). The summed E-state index contributed by atoms with van der Waals surface area (Å²) in [5.74, 6) is 3.51. The third-order valence-electron chi connectivity index (χ3n) is 4.16. The molecule has 4 heteroatoms. The Labute approximate surface area is 156 Å². The Morgan fingerprint density at radius 3 is 1.85 bits per heavy atom. The van der Waals surface area contributed by atoms with Gasteiger partial charge < -0.3 is 24.8 Å². The summed E-state index contributed by atoms with van der Waals surface area (Å²) in [5.41, 5.74) is 4.28. The molecule has 0 saturated carbocycles. The van der Waals surface area contributed by atoms with Gasteiger partial charge in [0.25, 0.3) is 0 Å². The maximum atomic E-state index is 3.51. The summed E-state index contributed by atoms with van der Waals surface area (Å²) >= 11 is 0. The molecule has 0 unspecified atom stereocenters. The van der Waals surface area contributed by atoms with Crippen LogP contribution >= 0.6 is 0 Å². The SMILES string of the molecule is CB1[C-]=C(C)C(C)=C(C)C1(C)C.[Cl-].[Cl-].[Zr+4].c1cc[cH-]c1. The fourth-order valence-electron chi connectivity index (χ4n) is 2.02. The van der Waals surface area contributed by atoms with Crippen LogP contribution < -0.4 is 24.8 Å². The van der Waals surface area contributed by atoms with Gasteiger partial charge in [0.05, 0.1) is 6.71 Å². The molecule has 0 bridgehead atoms. The Bertz CT molecular complexity index is 402. The average molecular weight is 388 g/mol. The van der Waals surface area contributed by atoms with Crippen LogP contribution in [0.25, 0.3) is 0 Å². The van der Waals surface area contributed by atoms with E-state index < -0.39 is 0 Å². The fraction of sp³-hybridized carbons (Fsp3) is 0.438. The van der Waals surface area contributed by atoms with E-state index in [2.05, 4.69) is 47.4 Å². The average Bonchev–Trinajstić information content (AvgIpc) is 2.83. The summed E-state index contributed by atoms with van der Waals surface area (Å²) in [5, 5.41) is 0.295. The van der Waals surface area contributed by atoms with Crippen molar-refractivity contribution in [2.45, 2.75) is 46.8 Å². The van der Waals surface area contributed by atoms with E-state index in [-0.39, 0.29) is 51.0 Å². The first-order valence-corrected chi connectivity index (χ1v) is 6.32. The van der Waals surface area contributed by atoms with Crippen LogP contribution in [0.5, 0.6) is 0 Å². The molecule has 1 aliphatic rings. The van der Waals surface area contributed by atoms with E-state index in [0.29, 0.717) is 12.0 Å². The summed E-state index contributed by atoms with van der Waals surface area (Å²) in [7, 11) is 0. The minimum Gasteiger partial charge on any atom is -1.00 e. The van der Waals surface area contributed by atoms with Crippen molar-refractivity contribution in [3.8, 4) is 0 Å². The van der Waals surface area contributed by atoms with E-state index in [4.69, 9.17) is 0 Å². The van der Waals surface area contributed by atoms with Crippen LogP contribution in [0, 0.1) is 5.98 Å². The topological polar surface area (TPSA) is 0 Å². The minimum atomic E-state index is 0. The van der Waals surface area contributed by atoms with E-state index in [1.54, 1.807) is 0 Å². The summed E-state index contributed by atoms with van der Waals surface area (Å²) < 4.78 is 0. The zero-order chi connectivity index (χ0) is 13.1. The fourth-order valence-corrected chi connectivity index (χ4v) is 2.02. The van der Waals surface area contributed by atoms with Crippen molar-refractivity contribution in [3.63, 3.8) is 0 Å². The van der Waals surface area contributed by atoms with Crippen molar-refractivity contribution in [1.29, 1.82) is 0 Å². The Hall–Kier alpha value is 0.358. The molecule has 0 amide bonds. The predicted molar refractivity (Wildman–Crippen MR) is 78.5 cm³/mol. The zero-order valence-corrected chi connectivity index (χ0v) is 17.2. The second kappa shape index (κ2) is 11.0. The number of hydrogen-bond acceptors (Lipinski definition) is 0. The predicted octanol–water partition coefficient (Wildman–Crippen LogP) is -1.06. The molecular weight excluding hydrogens is 365 g/mol. The van der Waals surface area contributed by atoms with Crippen LogP contribution in [0.3, 0.4) is 0 Å². The van der Waals surface area contributed by atoms with Crippen molar-refractivity contribution < 1.29 is 51.0 Å². The van der Waals surface area contributed by atoms with E-state index in [9.17, 15) is 0 Å². The Balaban J connectivity index is -0.000000312. The van der Waals surface area contributed by atoms with Gasteiger partial charge in [-0.25, -0.2) is 17.7 Å². The molecule has 0 N–H and O–H groups in total. The number of halogens is 2. The molecule has 1 aromatic carbocycles. The normalized spacial score (nSPS) is 15.7.